The van der Waals surface area contributed by atoms with Crippen molar-refractivity contribution < 1.29 is 9.53 Å². The first-order valence-corrected chi connectivity index (χ1v) is 7.73. The third-order valence-electron chi connectivity index (χ3n) is 4.61. The molecule has 1 heterocycles. The lowest BCUT2D eigenvalue weighted by Gasteiger charge is -2.41. The molecular weight excluding hydrogens is 240 g/mol. The second-order valence-corrected chi connectivity index (χ2v) is 6.38. The highest BCUT2D eigenvalue weighted by Gasteiger charge is 2.38. The fourth-order valence-corrected chi connectivity index (χ4v) is 3.57. The van der Waals surface area contributed by atoms with Crippen LogP contribution in [-0.4, -0.2) is 42.1 Å². The zero-order valence-corrected chi connectivity index (χ0v) is 12.4. The summed E-state index contributed by atoms with van der Waals surface area (Å²) in [5, 5.41) is 0. The molecule has 110 valence electrons. The quantitative estimate of drug-likeness (QED) is 0.847. The first-order chi connectivity index (χ1) is 9.06. The number of hydrogen-bond acceptors (Lipinski definition) is 3. The summed E-state index contributed by atoms with van der Waals surface area (Å²) in [5.74, 6) is 0.787. The second kappa shape index (κ2) is 6.23. The predicted octanol–water partition coefficient (Wildman–Crippen LogP) is 1.92. The molecule has 1 aliphatic heterocycles. The normalized spacial score (nSPS) is 33.4. The van der Waals surface area contributed by atoms with E-state index in [0.717, 1.165) is 45.2 Å². The van der Waals surface area contributed by atoms with Gasteiger partial charge in [0.2, 0.25) is 0 Å². The van der Waals surface area contributed by atoms with Gasteiger partial charge < -0.3 is 15.4 Å². The molecule has 2 fully saturated rings. The predicted molar refractivity (Wildman–Crippen MR) is 75.8 cm³/mol. The molecule has 0 aromatic carbocycles. The van der Waals surface area contributed by atoms with Gasteiger partial charge in [0.25, 0.3) is 5.91 Å². The summed E-state index contributed by atoms with van der Waals surface area (Å²) in [6.07, 6.45) is 6.27. The van der Waals surface area contributed by atoms with E-state index >= 15 is 0 Å². The maximum absolute atomic E-state index is 12.3. The Hall–Kier alpha value is -0.610. The molecule has 1 saturated carbocycles. The maximum Gasteiger partial charge on any atom is 0.251 e. The average Bonchev–Trinajstić information content (AvgIpc) is 2.91. The van der Waals surface area contributed by atoms with E-state index in [1.54, 1.807) is 0 Å². The van der Waals surface area contributed by atoms with E-state index in [4.69, 9.17) is 10.5 Å². The van der Waals surface area contributed by atoms with Gasteiger partial charge in [0.15, 0.2) is 0 Å². The molecule has 4 nitrogen and oxygen atoms in total. The zero-order valence-electron chi connectivity index (χ0n) is 12.4. The van der Waals surface area contributed by atoms with Crippen LogP contribution in [0, 0.1) is 5.92 Å². The number of carbonyl (C=O) groups excluding carboxylic acids is 1. The third kappa shape index (κ3) is 3.48. The van der Waals surface area contributed by atoms with Crippen LogP contribution in [-0.2, 0) is 9.53 Å². The number of likely N-dealkylation sites (tertiary alicyclic amines) is 1. The number of nitrogens with two attached hydrogens (primary N) is 1. The third-order valence-corrected chi connectivity index (χ3v) is 4.61. The van der Waals surface area contributed by atoms with Gasteiger partial charge in [-0.1, -0.05) is 19.8 Å². The number of amides is 1. The Morgan fingerprint density at radius 3 is 2.68 bits per heavy atom. The van der Waals surface area contributed by atoms with Gasteiger partial charge in [-0.2, -0.15) is 0 Å². The Morgan fingerprint density at radius 2 is 2.11 bits per heavy atom. The molecule has 1 aliphatic carbocycles. The van der Waals surface area contributed by atoms with E-state index in [9.17, 15) is 4.79 Å². The van der Waals surface area contributed by atoms with Crippen molar-refractivity contribution in [1.29, 1.82) is 0 Å². The summed E-state index contributed by atoms with van der Waals surface area (Å²) in [6, 6.07) is 0. The van der Waals surface area contributed by atoms with Gasteiger partial charge in [-0.25, -0.2) is 0 Å². The molecule has 19 heavy (non-hydrogen) atoms. The van der Waals surface area contributed by atoms with E-state index < -0.39 is 0 Å². The molecule has 2 rings (SSSR count). The second-order valence-electron chi connectivity index (χ2n) is 6.38. The van der Waals surface area contributed by atoms with Gasteiger partial charge in [0.05, 0.1) is 5.60 Å². The Bertz CT molecular complexity index is 315. The number of hydrogen-bond donors (Lipinski definition) is 1. The van der Waals surface area contributed by atoms with Crippen LogP contribution in [0.2, 0.25) is 0 Å². The smallest absolute Gasteiger partial charge is 0.251 e. The lowest BCUT2D eigenvalue weighted by atomic mass is 9.78. The Balaban J connectivity index is 1.95. The summed E-state index contributed by atoms with van der Waals surface area (Å²) < 4.78 is 6.16. The van der Waals surface area contributed by atoms with Crippen LogP contribution >= 0.6 is 0 Å². The molecule has 3 atom stereocenters. The highest BCUT2D eigenvalue weighted by atomic mass is 16.5. The van der Waals surface area contributed by atoms with Gasteiger partial charge in [0, 0.05) is 19.6 Å². The first kappa shape index (κ1) is 14.8. The zero-order chi connectivity index (χ0) is 13.9. The van der Waals surface area contributed by atoms with E-state index in [1.165, 1.54) is 6.42 Å². The van der Waals surface area contributed by atoms with Crippen molar-refractivity contribution in [2.45, 2.75) is 64.1 Å². The number of carbonyl (C=O) groups is 1. The van der Waals surface area contributed by atoms with Gasteiger partial charge >= 0.3 is 0 Å². The molecule has 0 aromatic rings. The first-order valence-electron chi connectivity index (χ1n) is 7.73. The number of ether oxygens (including phenoxy) is 1. The minimum absolute atomic E-state index is 0.142. The molecule has 4 heteroatoms. The molecule has 1 saturated heterocycles. The Morgan fingerprint density at radius 1 is 1.42 bits per heavy atom. The maximum atomic E-state index is 12.3. The SMILES string of the molecule is CC1CCCC(CN)(OC(C)C(=O)N2CCCC2)C1. The van der Waals surface area contributed by atoms with Crippen molar-refractivity contribution in [2.75, 3.05) is 19.6 Å². The molecule has 2 N–H and O–H groups in total. The lowest BCUT2D eigenvalue weighted by molar-refractivity contribution is -0.159. The molecule has 0 bridgehead atoms. The van der Waals surface area contributed by atoms with E-state index in [2.05, 4.69) is 6.92 Å². The fraction of sp³-hybridized carbons (Fsp3) is 0.933. The Labute approximate surface area is 116 Å². The van der Waals surface area contributed by atoms with Crippen molar-refractivity contribution >= 4 is 5.91 Å². The van der Waals surface area contributed by atoms with Gasteiger partial charge in [-0.05, 0) is 38.5 Å². The van der Waals surface area contributed by atoms with Crippen molar-refractivity contribution in [1.82, 2.24) is 4.90 Å². The summed E-state index contributed by atoms with van der Waals surface area (Å²) in [6.45, 7) is 6.43. The minimum atomic E-state index is -0.355. The molecule has 3 unspecified atom stereocenters. The van der Waals surface area contributed by atoms with Gasteiger partial charge in [-0.15, -0.1) is 0 Å². The van der Waals surface area contributed by atoms with E-state index in [1.807, 2.05) is 11.8 Å². The largest absolute Gasteiger partial charge is 0.361 e. The van der Waals surface area contributed by atoms with Crippen molar-refractivity contribution in [2.24, 2.45) is 11.7 Å². The summed E-state index contributed by atoms with van der Waals surface area (Å²) in [7, 11) is 0. The minimum Gasteiger partial charge on any atom is -0.361 e. The van der Waals surface area contributed by atoms with E-state index in [-0.39, 0.29) is 17.6 Å². The number of nitrogens with zero attached hydrogens (tertiary/aromatic N) is 1. The Kier molecular flexibility index (Phi) is 4.85. The molecule has 0 radical (unpaired) electrons. The van der Waals surface area contributed by atoms with Gasteiger partial charge in [-0.3, -0.25) is 4.79 Å². The van der Waals surface area contributed by atoms with Crippen LogP contribution in [0.3, 0.4) is 0 Å². The highest BCUT2D eigenvalue weighted by molar-refractivity contribution is 5.80. The average molecular weight is 268 g/mol. The summed E-state index contributed by atoms with van der Waals surface area (Å²) in [4.78, 5) is 14.3. The molecule has 2 aliphatic rings. The van der Waals surface area contributed by atoms with Crippen LogP contribution in [0.1, 0.15) is 52.4 Å². The van der Waals surface area contributed by atoms with Crippen LogP contribution < -0.4 is 5.73 Å². The highest BCUT2D eigenvalue weighted by Crippen LogP contribution is 2.35. The molecule has 0 aromatic heterocycles. The summed E-state index contributed by atoms with van der Waals surface area (Å²) >= 11 is 0. The monoisotopic (exact) mass is 268 g/mol. The lowest BCUT2D eigenvalue weighted by Crippen LogP contribution is -2.49. The van der Waals surface area contributed by atoms with Crippen LogP contribution in [0.15, 0.2) is 0 Å². The van der Waals surface area contributed by atoms with Crippen LogP contribution in [0.5, 0.6) is 0 Å². The van der Waals surface area contributed by atoms with Crippen molar-refractivity contribution in [3.63, 3.8) is 0 Å². The van der Waals surface area contributed by atoms with E-state index in [0.29, 0.717) is 12.5 Å². The van der Waals surface area contributed by atoms with Crippen molar-refractivity contribution in [3.8, 4) is 0 Å². The number of rotatable bonds is 4. The topological polar surface area (TPSA) is 55.6 Å². The van der Waals surface area contributed by atoms with Crippen LogP contribution in [0.25, 0.3) is 0 Å². The van der Waals surface area contributed by atoms with Crippen molar-refractivity contribution in [3.05, 3.63) is 0 Å². The summed E-state index contributed by atoms with van der Waals surface area (Å²) in [5.41, 5.74) is 5.68. The molecule has 1 amide bonds. The molecular formula is C15H28N2O2. The van der Waals surface area contributed by atoms with Gasteiger partial charge in [0.1, 0.15) is 6.10 Å². The standard InChI is InChI=1S/C15H28N2O2/c1-12-6-5-7-15(10-12,11-16)19-13(2)14(18)17-8-3-4-9-17/h12-13H,3-11,16H2,1-2H3. The van der Waals surface area contributed by atoms with Crippen LogP contribution in [0.4, 0.5) is 0 Å². The molecule has 0 spiro atoms. The fourth-order valence-electron chi connectivity index (χ4n) is 3.57.